The molecule has 1 aliphatic rings. The molecule has 2 aromatic rings. The molecule has 1 saturated heterocycles. The third-order valence-electron chi connectivity index (χ3n) is 4.70. The third-order valence-corrected chi connectivity index (χ3v) is 5.69. The number of rotatable bonds is 4. The quantitative estimate of drug-likeness (QED) is 0.898. The van der Waals surface area contributed by atoms with E-state index in [0.29, 0.717) is 19.5 Å². The summed E-state index contributed by atoms with van der Waals surface area (Å²) in [5.74, 6) is 0.00908. The zero-order valence-electron chi connectivity index (χ0n) is 15.5. The molecule has 1 atom stereocenters. The van der Waals surface area contributed by atoms with Crippen molar-refractivity contribution in [3.63, 3.8) is 0 Å². The maximum absolute atomic E-state index is 13.1. The van der Waals surface area contributed by atoms with E-state index in [1.807, 2.05) is 54.3 Å². The molecule has 0 bridgehead atoms. The molecule has 1 N–H and O–H groups in total. The molecule has 2 heterocycles. The van der Waals surface area contributed by atoms with E-state index in [0.717, 1.165) is 21.9 Å². The number of thiophene rings is 1. The average molecular weight is 372 g/mol. The van der Waals surface area contributed by atoms with Crippen LogP contribution in [0.3, 0.4) is 0 Å². The van der Waals surface area contributed by atoms with Gasteiger partial charge in [0, 0.05) is 31.2 Å². The number of carbonyl (C=O) groups is 2. The van der Waals surface area contributed by atoms with Crippen molar-refractivity contribution in [1.29, 1.82) is 0 Å². The highest BCUT2D eigenvalue weighted by Gasteiger charge is 2.44. The minimum atomic E-state index is -0.801. The first-order valence-corrected chi connectivity index (χ1v) is 9.64. The van der Waals surface area contributed by atoms with Crippen LogP contribution in [0.4, 0.5) is 5.69 Å². The molecule has 0 aliphatic carbocycles. The summed E-state index contributed by atoms with van der Waals surface area (Å²) in [5.41, 5.74) is 0.0920. The molecule has 1 aromatic carbocycles. The van der Waals surface area contributed by atoms with Gasteiger partial charge in [0.1, 0.15) is 5.54 Å². The van der Waals surface area contributed by atoms with Crippen LogP contribution in [0.2, 0.25) is 0 Å². The summed E-state index contributed by atoms with van der Waals surface area (Å²) in [4.78, 5) is 31.3. The standard InChI is InChI=1S/C20H25N3O2S/c1-15-10-11-17(26-15)18(24)23-13-7-12-20(14-23,19(25)22(2)3)21-16-8-5-4-6-9-16/h4-6,8-11,21H,7,12-14H2,1-3H3. The van der Waals surface area contributed by atoms with E-state index in [4.69, 9.17) is 0 Å². The molecule has 6 heteroatoms. The molecule has 5 nitrogen and oxygen atoms in total. The first-order chi connectivity index (χ1) is 12.4. The number of nitrogens with zero attached hydrogens (tertiary/aromatic N) is 2. The number of likely N-dealkylation sites (N-methyl/N-ethyl adjacent to an activating group) is 1. The molecule has 1 aliphatic heterocycles. The van der Waals surface area contributed by atoms with E-state index >= 15 is 0 Å². The first kappa shape index (κ1) is 18.5. The van der Waals surface area contributed by atoms with Gasteiger partial charge in [-0.05, 0) is 44.0 Å². The molecular formula is C20H25N3O2S. The SMILES string of the molecule is Cc1ccc(C(=O)N2CCCC(Nc3ccccc3)(C(=O)N(C)C)C2)s1. The van der Waals surface area contributed by atoms with Crippen molar-refractivity contribution in [2.75, 3.05) is 32.5 Å². The van der Waals surface area contributed by atoms with Gasteiger partial charge >= 0.3 is 0 Å². The van der Waals surface area contributed by atoms with Crippen molar-refractivity contribution < 1.29 is 9.59 Å². The van der Waals surface area contributed by atoms with Crippen LogP contribution < -0.4 is 5.32 Å². The lowest BCUT2D eigenvalue weighted by Crippen LogP contribution is -2.62. The fraction of sp³-hybridized carbons (Fsp3) is 0.400. The highest BCUT2D eigenvalue weighted by atomic mass is 32.1. The molecule has 26 heavy (non-hydrogen) atoms. The maximum atomic E-state index is 13.1. The second-order valence-corrected chi connectivity index (χ2v) is 8.30. The van der Waals surface area contributed by atoms with E-state index in [-0.39, 0.29) is 11.8 Å². The largest absolute Gasteiger partial charge is 0.370 e. The van der Waals surface area contributed by atoms with Crippen molar-refractivity contribution in [1.82, 2.24) is 9.80 Å². The van der Waals surface area contributed by atoms with Gasteiger partial charge in [-0.3, -0.25) is 9.59 Å². The summed E-state index contributed by atoms with van der Waals surface area (Å²) in [6.45, 7) is 3.04. The summed E-state index contributed by atoms with van der Waals surface area (Å²) in [7, 11) is 3.53. The Morgan fingerprint density at radius 1 is 1.15 bits per heavy atom. The van der Waals surface area contributed by atoms with Gasteiger partial charge in [-0.15, -0.1) is 11.3 Å². The Labute approximate surface area is 158 Å². The van der Waals surface area contributed by atoms with E-state index < -0.39 is 5.54 Å². The van der Waals surface area contributed by atoms with Gasteiger partial charge in [-0.2, -0.15) is 0 Å². The second-order valence-electron chi connectivity index (χ2n) is 7.01. The van der Waals surface area contributed by atoms with Crippen LogP contribution in [-0.4, -0.2) is 54.3 Å². The van der Waals surface area contributed by atoms with Crippen molar-refractivity contribution in [3.8, 4) is 0 Å². The number of nitrogens with one attached hydrogen (secondary N) is 1. The highest BCUT2D eigenvalue weighted by Crippen LogP contribution is 2.29. The summed E-state index contributed by atoms with van der Waals surface area (Å²) < 4.78 is 0. The van der Waals surface area contributed by atoms with Crippen molar-refractivity contribution in [2.24, 2.45) is 0 Å². The smallest absolute Gasteiger partial charge is 0.264 e. The number of hydrogen-bond acceptors (Lipinski definition) is 4. The molecule has 0 spiro atoms. The third kappa shape index (κ3) is 3.75. The number of benzene rings is 1. The van der Waals surface area contributed by atoms with Crippen LogP contribution >= 0.6 is 11.3 Å². The Morgan fingerprint density at radius 3 is 2.50 bits per heavy atom. The fourth-order valence-corrected chi connectivity index (χ4v) is 4.33. The lowest BCUT2D eigenvalue weighted by atomic mass is 9.86. The topological polar surface area (TPSA) is 52.7 Å². The summed E-state index contributed by atoms with van der Waals surface area (Å²) >= 11 is 1.50. The Bertz CT molecular complexity index is 787. The number of likely N-dealkylation sites (tertiary alicyclic amines) is 1. The Hall–Kier alpha value is -2.34. The predicted octanol–water partition coefficient (Wildman–Crippen LogP) is 3.23. The lowest BCUT2D eigenvalue weighted by molar-refractivity contribution is -0.135. The van der Waals surface area contributed by atoms with Gasteiger partial charge in [-0.1, -0.05) is 18.2 Å². The van der Waals surface area contributed by atoms with Crippen LogP contribution in [0.1, 0.15) is 27.4 Å². The molecule has 2 amide bonds. The fourth-order valence-electron chi connectivity index (χ4n) is 3.49. The van der Waals surface area contributed by atoms with Crippen LogP contribution in [-0.2, 0) is 4.79 Å². The van der Waals surface area contributed by atoms with Crippen LogP contribution in [0.5, 0.6) is 0 Å². The van der Waals surface area contributed by atoms with Crippen molar-refractivity contribution in [2.45, 2.75) is 25.3 Å². The number of hydrogen-bond donors (Lipinski definition) is 1. The summed E-state index contributed by atoms with van der Waals surface area (Å²) in [5, 5.41) is 3.44. The number of aryl methyl sites for hydroxylation is 1. The molecule has 1 aromatic heterocycles. The first-order valence-electron chi connectivity index (χ1n) is 8.82. The Morgan fingerprint density at radius 2 is 1.88 bits per heavy atom. The van der Waals surface area contributed by atoms with Gasteiger partial charge in [0.15, 0.2) is 0 Å². The van der Waals surface area contributed by atoms with Crippen molar-refractivity contribution in [3.05, 3.63) is 52.2 Å². The molecule has 0 radical (unpaired) electrons. The monoisotopic (exact) mass is 371 g/mol. The van der Waals surface area contributed by atoms with Gasteiger partial charge in [0.2, 0.25) is 5.91 Å². The minimum Gasteiger partial charge on any atom is -0.370 e. The predicted molar refractivity (Wildman–Crippen MR) is 106 cm³/mol. The van der Waals surface area contributed by atoms with Gasteiger partial charge in [0.05, 0.1) is 11.4 Å². The lowest BCUT2D eigenvalue weighted by Gasteiger charge is -2.43. The number of para-hydroxylation sites is 1. The van der Waals surface area contributed by atoms with E-state index in [1.165, 1.54) is 11.3 Å². The summed E-state index contributed by atoms with van der Waals surface area (Å²) in [6, 6.07) is 13.6. The number of carbonyl (C=O) groups excluding carboxylic acids is 2. The van der Waals surface area contributed by atoms with E-state index in [2.05, 4.69) is 5.32 Å². The zero-order valence-corrected chi connectivity index (χ0v) is 16.3. The molecule has 0 saturated carbocycles. The molecular weight excluding hydrogens is 346 g/mol. The summed E-state index contributed by atoms with van der Waals surface area (Å²) in [6.07, 6.45) is 1.49. The number of amides is 2. The maximum Gasteiger partial charge on any atom is 0.264 e. The van der Waals surface area contributed by atoms with Gasteiger partial charge in [0.25, 0.3) is 5.91 Å². The Kier molecular flexibility index (Phi) is 5.32. The Balaban J connectivity index is 1.88. The molecule has 1 unspecified atom stereocenters. The second kappa shape index (κ2) is 7.50. The molecule has 1 fully saturated rings. The van der Waals surface area contributed by atoms with E-state index in [1.54, 1.807) is 19.0 Å². The minimum absolute atomic E-state index is 0.00112. The normalized spacial score (nSPS) is 19.9. The average Bonchev–Trinajstić information content (AvgIpc) is 3.07. The van der Waals surface area contributed by atoms with Gasteiger partial charge < -0.3 is 15.1 Å². The highest BCUT2D eigenvalue weighted by molar-refractivity contribution is 7.13. The number of anilines is 1. The van der Waals surface area contributed by atoms with Crippen LogP contribution in [0.25, 0.3) is 0 Å². The van der Waals surface area contributed by atoms with Crippen molar-refractivity contribution >= 4 is 28.8 Å². The van der Waals surface area contributed by atoms with Crippen LogP contribution in [0, 0.1) is 6.92 Å². The molecule has 3 rings (SSSR count). The molecule has 138 valence electrons. The van der Waals surface area contributed by atoms with Gasteiger partial charge in [-0.25, -0.2) is 0 Å². The van der Waals surface area contributed by atoms with Crippen LogP contribution in [0.15, 0.2) is 42.5 Å². The number of piperidine rings is 1. The van der Waals surface area contributed by atoms with E-state index in [9.17, 15) is 9.59 Å². The zero-order chi connectivity index (χ0) is 18.7.